The maximum Gasteiger partial charge on any atom is 0.328 e. The molecule has 1 aromatic rings. The van der Waals surface area contributed by atoms with Crippen molar-refractivity contribution in [3.8, 4) is 0 Å². The molecule has 0 saturated carbocycles. The summed E-state index contributed by atoms with van der Waals surface area (Å²) < 4.78 is 5.28. The van der Waals surface area contributed by atoms with Crippen LogP contribution in [-0.4, -0.2) is 48.2 Å². The molecule has 1 N–H and O–H groups in total. The van der Waals surface area contributed by atoms with Crippen LogP contribution < -0.4 is 0 Å². The van der Waals surface area contributed by atoms with Gasteiger partial charge in [0, 0.05) is 25.3 Å². The van der Waals surface area contributed by atoms with E-state index in [0.29, 0.717) is 24.3 Å². The lowest BCUT2D eigenvalue weighted by Gasteiger charge is -2.23. The zero-order valence-electron chi connectivity index (χ0n) is 11.3. The number of ether oxygens (including phenoxy) is 1. The van der Waals surface area contributed by atoms with Gasteiger partial charge in [0.15, 0.2) is 0 Å². The van der Waals surface area contributed by atoms with Crippen molar-refractivity contribution in [3.63, 3.8) is 0 Å². The number of benzene rings is 1. The van der Waals surface area contributed by atoms with Crippen LogP contribution in [-0.2, 0) is 9.53 Å². The van der Waals surface area contributed by atoms with Crippen LogP contribution >= 0.6 is 0 Å². The number of rotatable bonds is 4. The molecule has 0 spiro atoms. The first-order chi connectivity index (χ1) is 9.58. The summed E-state index contributed by atoms with van der Waals surface area (Å²) in [6, 6.07) is 7.03. The number of nitrogens with zero attached hydrogens (tertiary/aromatic N) is 1. The summed E-state index contributed by atoms with van der Waals surface area (Å²) in [5.41, 5.74) is 1.24. The second-order valence-electron chi connectivity index (χ2n) is 4.73. The Morgan fingerprint density at radius 2 is 2.25 bits per heavy atom. The van der Waals surface area contributed by atoms with Gasteiger partial charge in [-0.2, -0.15) is 0 Å². The highest BCUT2D eigenvalue weighted by Gasteiger charge is 2.24. The lowest BCUT2D eigenvalue weighted by molar-refractivity contribution is -0.131. The van der Waals surface area contributed by atoms with E-state index in [4.69, 9.17) is 9.84 Å². The van der Waals surface area contributed by atoms with E-state index in [-0.39, 0.29) is 11.9 Å². The quantitative estimate of drug-likeness (QED) is 0.848. The molecule has 1 aliphatic heterocycles. The van der Waals surface area contributed by atoms with E-state index in [9.17, 15) is 9.59 Å². The number of amides is 1. The van der Waals surface area contributed by atoms with Gasteiger partial charge < -0.3 is 14.7 Å². The van der Waals surface area contributed by atoms with Gasteiger partial charge in [0.25, 0.3) is 5.91 Å². The third-order valence-corrected chi connectivity index (χ3v) is 3.33. The zero-order chi connectivity index (χ0) is 14.5. The Morgan fingerprint density at radius 3 is 2.90 bits per heavy atom. The first-order valence-electron chi connectivity index (χ1n) is 6.44. The summed E-state index contributed by atoms with van der Waals surface area (Å²) >= 11 is 0. The Balaban J connectivity index is 2.13. The molecular weight excluding hydrogens is 258 g/mol. The van der Waals surface area contributed by atoms with Crippen LogP contribution in [0.1, 0.15) is 22.3 Å². The van der Waals surface area contributed by atoms with Crippen molar-refractivity contribution in [1.82, 2.24) is 4.90 Å². The van der Waals surface area contributed by atoms with Crippen molar-refractivity contribution in [2.24, 2.45) is 0 Å². The molecule has 1 atom stereocenters. The first-order valence-corrected chi connectivity index (χ1v) is 6.44. The average molecular weight is 275 g/mol. The number of carbonyl (C=O) groups is 2. The number of hydrogen-bond donors (Lipinski definition) is 1. The molecule has 1 heterocycles. The average Bonchev–Trinajstić information content (AvgIpc) is 2.98. The number of carbonyl (C=O) groups excluding carboxylic acids is 1. The lowest BCUT2D eigenvalue weighted by atomic mass is 10.1. The van der Waals surface area contributed by atoms with Crippen LogP contribution in [0.3, 0.4) is 0 Å². The number of likely N-dealkylation sites (N-methyl/N-ethyl adjacent to an activating group) is 1. The molecule has 0 aliphatic carbocycles. The van der Waals surface area contributed by atoms with E-state index in [1.807, 2.05) is 0 Å². The van der Waals surface area contributed by atoms with Crippen molar-refractivity contribution in [2.45, 2.75) is 12.5 Å². The van der Waals surface area contributed by atoms with Crippen LogP contribution in [0.4, 0.5) is 0 Å². The van der Waals surface area contributed by atoms with Gasteiger partial charge in [-0.05, 0) is 30.2 Å². The highest BCUT2D eigenvalue weighted by atomic mass is 16.5. The second kappa shape index (κ2) is 6.34. The topological polar surface area (TPSA) is 66.8 Å². The van der Waals surface area contributed by atoms with Gasteiger partial charge in [0.2, 0.25) is 0 Å². The van der Waals surface area contributed by atoms with Crippen molar-refractivity contribution in [2.75, 3.05) is 20.3 Å². The van der Waals surface area contributed by atoms with Crippen molar-refractivity contribution in [3.05, 3.63) is 41.5 Å². The minimum atomic E-state index is -1.01. The molecule has 1 amide bonds. The molecule has 1 aromatic carbocycles. The minimum absolute atomic E-state index is 0.0777. The summed E-state index contributed by atoms with van der Waals surface area (Å²) in [6.07, 6.45) is 3.37. The molecule has 1 unspecified atom stereocenters. The van der Waals surface area contributed by atoms with Crippen molar-refractivity contribution in [1.29, 1.82) is 0 Å². The van der Waals surface area contributed by atoms with Crippen LogP contribution in [0, 0.1) is 0 Å². The minimum Gasteiger partial charge on any atom is -0.478 e. The highest BCUT2D eigenvalue weighted by Crippen LogP contribution is 2.15. The molecule has 5 nitrogen and oxygen atoms in total. The third kappa shape index (κ3) is 3.45. The van der Waals surface area contributed by atoms with Gasteiger partial charge in [-0.15, -0.1) is 0 Å². The van der Waals surface area contributed by atoms with E-state index >= 15 is 0 Å². The molecule has 1 aliphatic rings. The fourth-order valence-electron chi connectivity index (χ4n) is 2.14. The Morgan fingerprint density at radius 1 is 1.45 bits per heavy atom. The molecule has 1 fully saturated rings. The van der Waals surface area contributed by atoms with Crippen LogP contribution in [0.25, 0.3) is 6.08 Å². The van der Waals surface area contributed by atoms with Gasteiger partial charge in [0.05, 0.1) is 12.6 Å². The molecule has 5 heteroatoms. The van der Waals surface area contributed by atoms with Gasteiger partial charge in [-0.1, -0.05) is 12.1 Å². The molecule has 20 heavy (non-hydrogen) atoms. The third-order valence-electron chi connectivity index (χ3n) is 3.33. The van der Waals surface area contributed by atoms with Crippen molar-refractivity contribution >= 4 is 18.0 Å². The predicted molar refractivity (Wildman–Crippen MR) is 74.4 cm³/mol. The van der Waals surface area contributed by atoms with Crippen LogP contribution in [0.5, 0.6) is 0 Å². The van der Waals surface area contributed by atoms with Gasteiger partial charge in [0.1, 0.15) is 0 Å². The Kier molecular flexibility index (Phi) is 4.53. The maximum atomic E-state index is 12.4. The zero-order valence-corrected chi connectivity index (χ0v) is 11.3. The fourth-order valence-corrected chi connectivity index (χ4v) is 2.14. The molecule has 2 rings (SSSR count). The van der Waals surface area contributed by atoms with E-state index in [2.05, 4.69) is 0 Å². The highest BCUT2D eigenvalue weighted by molar-refractivity contribution is 5.95. The molecule has 0 aromatic heterocycles. The smallest absolute Gasteiger partial charge is 0.328 e. The van der Waals surface area contributed by atoms with E-state index in [1.165, 1.54) is 6.08 Å². The summed E-state index contributed by atoms with van der Waals surface area (Å²) in [5.74, 6) is -1.09. The molecule has 106 valence electrons. The lowest BCUT2D eigenvalue weighted by Crippen LogP contribution is -2.37. The monoisotopic (exact) mass is 275 g/mol. The molecule has 1 saturated heterocycles. The predicted octanol–water partition coefficient (Wildman–Crippen LogP) is 1.65. The summed E-state index contributed by atoms with van der Waals surface area (Å²) in [6.45, 7) is 1.25. The second-order valence-corrected chi connectivity index (χ2v) is 4.73. The summed E-state index contributed by atoms with van der Waals surface area (Å²) in [4.78, 5) is 24.5. The van der Waals surface area contributed by atoms with E-state index in [0.717, 1.165) is 12.5 Å². The SMILES string of the molecule is CN(C(=O)c1cccc(/C=C/C(=O)O)c1)C1CCOC1. The van der Waals surface area contributed by atoms with Gasteiger partial charge in [-0.3, -0.25) is 4.79 Å². The molecular formula is C15H17NO4. The first kappa shape index (κ1) is 14.3. The standard InChI is InChI=1S/C15H17NO4/c1-16(13-7-8-20-10-13)15(19)12-4-2-3-11(9-12)5-6-14(17)18/h2-6,9,13H,7-8,10H2,1H3,(H,17,18)/b6-5+. The van der Waals surface area contributed by atoms with E-state index < -0.39 is 5.97 Å². The maximum absolute atomic E-state index is 12.4. The normalized spacial score (nSPS) is 18.4. The molecule has 0 radical (unpaired) electrons. The van der Waals surface area contributed by atoms with Gasteiger partial charge >= 0.3 is 5.97 Å². The van der Waals surface area contributed by atoms with Gasteiger partial charge in [-0.25, -0.2) is 4.79 Å². The number of carboxylic acids is 1. The fraction of sp³-hybridized carbons (Fsp3) is 0.333. The largest absolute Gasteiger partial charge is 0.478 e. The van der Waals surface area contributed by atoms with E-state index in [1.54, 1.807) is 36.2 Å². The Hall–Kier alpha value is -2.14. The number of aliphatic carboxylic acids is 1. The summed E-state index contributed by atoms with van der Waals surface area (Å²) in [7, 11) is 1.77. The number of hydrogen-bond acceptors (Lipinski definition) is 3. The summed E-state index contributed by atoms with van der Waals surface area (Å²) in [5, 5.41) is 8.61. The van der Waals surface area contributed by atoms with Crippen molar-refractivity contribution < 1.29 is 19.4 Å². The van der Waals surface area contributed by atoms with Crippen LogP contribution in [0.15, 0.2) is 30.3 Å². The Bertz CT molecular complexity index is 532. The number of carboxylic acid groups (broad SMARTS) is 1. The Labute approximate surface area is 117 Å². The molecule has 0 bridgehead atoms. The van der Waals surface area contributed by atoms with Crippen LogP contribution in [0.2, 0.25) is 0 Å².